The molecule has 3 heterocycles. The Morgan fingerprint density at radius 1 is 1.18 bits per heavy atom. The minimum absolute atomic E-state index is 0.0781. The summed E-state index contributed by atoms with van der Waals surface area (Å²) in [5.74, 6) is -2.65. The maximum Gasteiger partial charge on any atom is 0.290 e. The number of aryl methyl sites for hydroxylation is 1. The lowest BCUT2D eigenvalue weighted by molar-refractivity contribution is -0.142. The van der Waals surface area contributed by atoms with E-state index in [1.807, 2.05) is 33.7 Å². The average Bonchev–Trinajstić information content (AvgIpc) is 3.27. The Balaban J connectivity index is 1.54. The number of hydrogen-bond acceptors (Lipinski definition) is 5. The standard InChI is InChI=1S/C28H41F2N5O3/c1-20(2)19-35(22-16-21(17-31-18-22)26(36)33-13-10-28(29,30)11-14-33)27(37)25-32-23-8-4-5-9-24(23)34(25)12-6-7-15-38-3/h4-5,8-9,20-22,31H,6-7,10-19H2,1-3H3/t21-,22+/m1/s1. The second kappa shape index (κ2) is 12.5. The summed E-state index contributed by atoms with van der Waals surface area (Å²) < 4.78 is 34.5. The van der Waals surface area contributed by atoms with Gasteiger partial charge < -0.3 is 24.4 Å². The molecule has 10 heteroatoms. The molecule has 0 saturated carbocycles. The number of hydrogen-bond donors (Lipinski definition) is 1. The second-order valence-electron chi connectivity index (χ2n) is 11.1. The quantitative estimate of drug-likeness (QED) is 0.470. The number of fused-ring (bicyclic) bond motifs is 1. The van der Waals surface area contributed by atoms with Crippen molar-refractivity contribution < 1.29 is 23.1 Å². The van der Waals surface area contributed by atoms with Crippen LogP contribution in [0.3, 0.4) is 0 Å². The van der Waals surface area contributed by atoms with Crippen LogP contribution in [-0.2, 0) is 16.1 Å². The number of para-hydroxylation sites is 2. The summed E-state index contributed by atoms with van der Waals surface area (Å²) in [5.41, 5.74) is 1.71. The summed E-state index contributed by atoms with van der Waals surface area (Å²) in [5, 5.41) is 3.34. The van der Waals surface area contributed by atoms with Crippen molar-refractivity contribution in [3.8, 4) is 0 Å². The molecule has 0 spiro atoms. The van der Waals surface area contributed by atoms with E-state index < -0.39 is 5.92 Å². The number of unbranched alkanes of at least 4 members (excludes halogenated alkanes) is 1. The first kappa shape index (κ1) is 28.4. The van der Waals surface area contributed by atoms with E-state index in [4.69, 9.17) is 9.72 Å². The van der Waals surface area contributed by atoms with Gasteiger partial charge in [0.15, 0.2) is 5.82 Å². The van der Waals surface area contributed by atoms with Crippen LogP contribution in [0.5, 0.6) is 0 Å². The molecule has 4 rings (SSSR count). The molecule has 210 valence electrons. The summed E-state index contributed by atoms with van der Waals surface area (Å²) in [4.78, 5) is 35.6. The number of piperidine rings is 2. The van der Waals surface area contributed by atoms with Crippen LogP contribution in [0.15, 0.2) is 24.3 Å². The highest BCUT2D eigenvalue weighted by Crippen LogP contribution is 2.30. The molecule has 38 heavy (non-hydrogen) atoms. The zero-order valence-electron chi connectivity index (χ0n) is 22.8. The number of methoxy groups -OCH3 is 1. The number of rotatable bonds is 10. The summed E-state index contributed by atoms with van der Waals surface area (Å²) in [6.07, 6.45) is 1.66. The first-order valence-electron chi connectivity index (χ1n) is 13.8. The molecule has 1 aromatic carbocycles. The Hall–Kier alpha value is -2.59. The van der Waals surface area contributed by atoms with Gasteiger partial charge in [-0.05, 0) is 37.3 Å². The van der Waals surface area contributed by atoms with Crippen LogP contribution in [-0.4, -0.2) is 89.6 Å². The zero-order valence-corrected chi connectivity index (χ0v) is 22.8. The third-order valence-corrected chi connectivity index (χ3v) is 7.57. The summed E-state index contributed by atoms with van der Waals surface area (Å²) >= 11 is 0. The van der Waals surface area contributed by atoms with Gasteiger partial charge >= 0.3 is 0 Å². The maximum absolute atomic E-state index is 14.1. The molecule has 2 aromatic rings. The van der Waals surface area contributed by atoms with Gasteiger partial charge in [-0.1, -0.05) is 26.0 Å². The highest BCUT2D eigenvalue weighted by Gasteiger charge is 2.40. The van der Waals surface area contributed by atoms with Crippen LogP contribution in [0.25, 0.3) is 11.0 Å². The lowest BCUT2D eigenvalue weighted by Gasteiger charge is -2.40. The number of carbonyl (C=O) groups is 2. The fourth-order valence-corrected chi connectivity index (χ4v) is 5.56. The predicted molar refractivity (Wildman–Crippen MR) is 142 cm³/mol. The third kappa shape index (κ3) is 6.69. The van der Waals surface area contributed by atoms with E-state index in [1.165, 1.54) is 0 Å². The smallest absolute Gasteiger partial charge is 0.290 e. The molecule has 2 saturated heterocycles. The maximum atomic E-state index is 14.1. The predicted octanol–water partition coefficient (Wildman–Crippen LogP) is 3.80. The Morgan fingerprint density at radius 3 is 2.63 bits per heavy atom. The summed E-state index contributed by atoms with van der Waals surface area (Å²) in [6, 6.07) is 7.58. The topological polar surface area (TPSA) is 79.7 Å². The SMILES string of the molecule is COCCCCn1c(C(=O)N(CC(C)C)[C@@H]2CNC[C@H](C(=O)N3CCC(F)(F)CC3)C2)nc2ccccc21. The first-order valence-corrected chi connectivity index (χ1v) is 13.8. The molecule has 0 bridgehead atoms. The average molecular weight is 534 g/mol. The van der Waals surface area contributed by atoms with E-state index in [1.54, 1.807) is 12.0 Å². The Bertz CT molecular complexity index is 1100. The number of halogens is 2. The molecule has 0 aliphatic carbocycles. The van der Waals surface area contributed by atoms with Crippen LogP contribution in [0.2, 0.25) is 0 Å². The van der Waals surface area contributed by atoms with Crippen molar-refractivity contribution in [1.29, 1.82) is 0 Å². The van der Waals surface area contributed by atoms with Crippen molar-refractivity contribution in [3.63, 3.8) is 0 Å². The molecule has 8 nitrogen and oxygen atoms in total. The van der Waals surface area contributed by atoms with E-state index >= 15 is 0 Å². The first-order chi connectivity index (χ1) is 18.2. The lowest BCUT2D eigenvalue weighted by Crippen LogP contribution is -2.56. The molecule has 2 amide bonds. The molecule has 2 aliphatic heterocycles. The van der Waals surface area contributed by atoms with Crippen molar-refractivity contribution in [1.82, 2.24) is 24.7 Å². The van der Waals surface area contributed by atoms with Crippen molar-refractivity contribution in [2.45, 2.75) is 64.5 Å². The van der Waals surface area contributed by atoms with Gasteiger partial charge in [0.2, 0.25) is 5.91 Å². The molecular formula is C28H41F2N5O3. The molecule has 2 fully saturated rings. The van der Waals surface area contributed by atoms with E-state index in [0.29, 0.717) is 45.0 Å². The van der Waals surface area contributed by atoms with E-state index in [-0.39, 0.29) is 55.6 Å². The number of imidazole rings is 1. The minimum atomic E-state index is -2.69. The molecule has 1 N–H and O–H groups in total. The van der Waals surface area contributed by atoms with Gasteiger partial charge in [-0.2, -0.15) is 0 Å². The van der Waals surface area contributed by atoms with Crippen molar-refractivity contribution >= 4 is 22.8 Å². The van der Waals surface area contributed by atoms with E-state index in [9.17, 15) is 18.4 Å². The number of likely N-dealkylation sites (tertiary alicyclic amines) is 1. The fraction of sp³-hybridized carbons (Fsp3) is 0.679. The highest BCUT2D eigenvalue weighted by molar-refractivity contribution is 5.95. The Morgan fingerprint density at radius 2 is 1.92 bits per heavy atom. The minimum Gasteiger partial charge on any atom is -0.385 e. The normalized spacial score (nSPS) is 21.7. The number of aromatic nitrogens is 2. The Kier molecular flexibility index (Phi) is 9.36. The van der Waals surface area contributed by atoms with Crippen LogP contribution in [0.1, 0.15) is 56.6 Å². The number of amides is 2. The number of nitrogens with one attached hydrogen (secondary N) is 1. The van der Waals surface area contributed by atoms with Crippen molar-refractivity contribution in [2.75, 3.05) is 46.4 Å². The van der Waals surface area contributed by atoms with E-state index in [2.05, 4.69) is 19.2 Å². The largest absolute Gasteiger partial charge is 0.385 e. The van der Waals surface area contributed by atoms with Crippen LogP contribution in [0.4, 0.5) is 8.78 Å². The third-order valence-electron chi connectivity index (χ3n) is 7.57. The fourth-order valence-electron chi connectivity index (χ4n) is 5.56. The number of alkyl halides is 2. The lowest BCUT2D eigenvalue weighted by atomic mass is 9.91. The van der Waals surface area contributed by atoms with Crippen molar-refractivity contribution in [2.24, 2.45) is 11.8 Å². The molecule has 0 radical (unpaired) electrons. The summed E-state index contributed by atoms with van der Waals surface area (Å²) in [7, 11) is 1.68. The van der Waals surface area contributed by atoms with Gasteiger partial charge in [-0.3, -0.25) is 9.59 Å². The summed E-state index contributed by atoms with van der Waals surface area (Å²) in [6.45, 7) is 7.22. The zero-order chi connectivity index (χ0) is 27.3. The monoisotopic (exact) mass is 533 g/mol. The van der Waals surface area contributed by atoms with Gasteiger partial charge in [0.1, 0.15) is 0 Å². The van der Waals surface area contributed by atoms with Crippen molar-refractivity contribution in [3.05, 3.63) is 30.1 Å². The number of carbonyl (C=O) groups excluding carboxylic acids is 2. The van der Waals surface area contributed by atoms with Crippen LogP contribution < -0.4 is 5.32 Å². The van der Waals surface area contributed by atoms with E-state index in [0.717, 1.165) is 23.9 Å². The number of nitrogens with zero attached hydrogens (tertiary/aromatic N) is 4. The highest BCUT2D eigenvalue weighted by atomic mass is 19.3. The second-order valence-corrected chi connectivity index (χ2v) is 11.1. The van der Waals surface area contributed by atoms with Gasteiger partial charge in [-0.15, -0.1) is 0 Å². The van der Waals surface area contributed by atoms with Gasteiger partial charge in [0.05, 0.1) is 17.0 Å². The van der Waals surface area contributed by atoms with Gasteiger partial charge in [0, 0.05) is 71.9 Å². The number of benzene rings is 1. The Labute approximate surface area is 223 Å². The number of ether oxygens (including phenoxy) is 1. The van der Waals surface area contributed by atoms with Gasteiger partial charge in [-0.25, -0.2) is 13.8 Å². The molecule has 2 aliphatic rings. The van der Waals surface area contributed by atoms with Crippen LogP contribution in [0, 0.1) is 11.8 Å². The van der Waals surface area contributed by atoms with Crippen LogP contribution >= 0.6 is 0 Å². The molecule has 1 aromatic heterocycles. The molecule has 2 atom stereocenters. The van der Waals surface area contributed by atoms with Gasteiger partial charge in [0.25, 0.3) is 11.8 Å². The molecule has 0 unspecified atom stereocenters. The molecular weight excluding hydrogens is 492 g/mol.